The molecule has 2 heterocycles. The van der Waals surface area contributed by atoms with E-state index in [0.717, 1.165) is 28.3 Å². The van der Waals surface area contributed by atoms with Gasteiger partial charge in [-0.05, 0) is 57.1 Å². The molecule has 2 aromatic heterocycles. The lowest BCUT2D eigenvalue weighted by atomic mass is 10.1. The summed E-state index contributed by atoms with van der Waals surface area (Å²) in [6, 6.07) is 21.3. The van der Waals surface area contributed by atoms with Crippen LogP contribution in [0.15, 0.2) is 66.9 Å². The molecule has 6 rings (SSSR count). The third-order valence-electron chi connectivity index (χ3n) is 6.43. The Kier molecular flexibility index (Phi) is 5.23. The molecule has 4 aromatic rings. The van der Waals surface area contributed by atoms with Gasteiger partial charge in [0.15, 0.2) is 4.77 Å². The highest BCUT2D eigenvalue weighted by atomic mass is 32.1. The summed E-state index contributed by atoms with van der Waals surface area (Å²) in [4.78, 5) is 2.27. The van der Waals surface area contributed by atoms with E-state index in [9.17, 15) is 0 Å². The zero-order valence-electron chi connectivity index (χ0n) is 18.8. The first-order chi connectivity index (χ1) is 16.2. The Bertz CT molecular complexity index is 1310. The van der Waals surface area contributed by atoms with Crippen molar-refractivity contribution in [2.75, 3.05) is 7.05 Å². The fraction of sp³-hybridized carbons (Fsp3) is 0.346. The van der Waals surface area contributed by atoms with Gasteiger partial charge in [-0.1, -0.05) is 48.5 Å². The molecule has 7 heteroatoms. The number of rotatable bonds is 8. The Labute approximate surface area is 199 Å². The summed E-state index contributed by atoms with van der Waals surface area (Å²) in [6.45, 7) is 1.43. The average molecular weight is 457 g/mol. The SMILES string of the molecule is CN(Cc1cn(-c2ccccc2)nc1-c1ccccc1)Cn1nc(C2CC2)n(C2CC2)c1=S. The number of hydrogen-bond donors (Lipinski definition) is 0. The molecule has 168 valence electrons. The van der Waals surface area contributed by atoms with Gasteiger partial charge in [-0.2, -0.15) is 10.2 Å². The van der Waals surface area contributed by atoms with Crippen LogP contribution in [0.5, 0.6) is 0 Å². The van der Waals surface area contributed by atoms with Crippen molar-refractivity contribution in [3.05, 3.63) is 83.0 Å². The Balaban J connectivity index is 1.29. The molecule has 2 aliphatic rings. The molecule has 0 amide bonds. The summed E-state index contributed by atoms with van der Waals surface area (Å²) < 4.78 is 7.20. The minimum atomic E-state index is 0.570. The summed E-state index contributed by atoms with van der Waals surface area (Å²) in [5.74, 6) is 1.81. The molecule has 0 N–H and O–H groups in total. The van der Waals surface area contributed by atoms with E-state index in [0.29, 0.717) is 18.6 Å². The first kappa shape index (κ1) is 20.6. The summed E-state index contributed by atoms with van der Waals surface area (Å²) in [5.41, 5.74) is 4.38. The smallest absolute Gasteiger partial charge is 0.199 e. The Morgan fingerprint density at radius 3 is 2.30 bits per heavy atom. The molecule has 0 radical (unpaired) electrons. The number of benzene rings is 2. The predicted octanol–water partition coefficient (Wildman–Crippen LogP) is 5.57. The Morgan fingerprint density at radius 1 is 0.939 bits per heavy atom. The fourth-order valence-corrected chi connectivity index (χ4v) is 4.81. The first-order valence-corrected chi connectivity index (χ1v) is 12.2. The lowest BCUT2D eigenvalue weighted by molar-refractivity contribution is 0.243. The third-order valence-corrected chi connectivity index (χ3v) is 6.83. The molecule has 6 nitrogen and oxygen atoms in total. The molecule has 2 aliphatic carbocycles. The lowest BCUT2D eigenvalue weighted by Crippen LogP contribution is -2.22. The highest BCUT2D eigenvalue weighted by Gasteiger charge is 2.35. The van der Waals surface area contributed by atoms with Crippen molar-refractivity contribution in [3.63, 3.8) is 0 Å². The van der Waals surface area contributed by atoms with E-state index < -0.39 is 0 Å². The van der Waals surface area contributed by atoms with Gasteiger partial charge < -0.3 is 4.57 Å². The van der Waals surface area contributed by atoms with Gasteiger partial charge >= 0.3 is 0 Å². The highest BCUT2D eigenvalue weighted by molar-refractivity contribution is 7.71. The van der Waals surface area contributed by atoms with E-state index in [1.54, 1.807) is 0 Å². The molecule has 0 bridgehead atoms. The topological polar surface area (TPSA) is 43.8 Å². The van der Waals surface area contributed by atoms with Crippen molar-refractivity contribution in [2.45, 2.75) is 50.9 Å². The van der Waals surface area contributed by atoms with E-state index in [-0.39, 0.29) is 0 Å². The zero-order valence-corrected chi connectivity index (χ0v) is 19.7. The van der Waals surface area contributed by atoms with Crippen LogP contribution in [0, 0.1) is 4.77 Å². The number of aromatic nitrogens is 5. The van der Waals surface area contributed by atoms with Crippen molar-refractivity contribution in [1.82, 2.24) is 29.0 Å². The molecule has 2 saturated carbocycles. The van der Waals surface area contributed by atoms with Gasteiger partial charge in [-0.3, -0.25) is 4.90 Å². The van der Waals surface area contributed by atoms with Crippen LogP contribution in [-0.2, 0) is 13.2 Å². The minimum absolute atomic E-state index is 0.570. The largest absolute Gasteiger partial charge is 0.301 e. The first-order valence-electron chi connectivity index (χ1n) is 11.7. The van der Waals surface area contributed by atoms with Crippen molar-refractivity contribution in [3.8, 4) is 16.9 Å². The van der Waals surface area contributed by atoms with Gasteiger partial charge in [-0.15, -0.1) is 0 Å². The second-order valence-corrected chi connectivity index (χ2v) is 9.69. The second-order valence-electron chi connectivity index (χ2n) is 9.32. The predicted molar refractivity (Wildman–Crippen MR) is 132 cm³/mol. The van der Waals surface area contributed by atoms with Gasteiger partial charge in [-0.25, -0.2) is 9.36 Å². The van der Waals surface area contributed by atoms with Gasteiger partial charge in [0, 0.05) is 35.8 Å². The third kappa shape index (κ3) is 4.18. The van der Waals surface area contributed by atoms with E-state index >= 15 is 0 Å². The second kappa shape index (κ2) is 8.39. The maximum atomic E-state index is 5.85. The molecular formula is C26H28N6S. The molecule has 0 unspecified atom stereocenters. The molecule has 0 spiro atoms. The van der Waals surface area contributed by atoms with E-state index in [2.05, 4.69) is 59.1 Å². The van der Waals surface area contributed by atoms with Crippen molar-refractivity contribution >= 4 is 12.2 Å². The van der Waals surface area contributed by atoms with Gasteiger partial charge in [0.2, 0.25) is 0 Å². The molecule has 0 atom stereocenters. The van der Waals surface area contributed by atoms with Crippen LogP contribution in [0.3, 0.4) is 0 Å². The molecule has 0 saturated heterocycles. The maximum absolute atomic E-state index is 5.85. The molecule has 33 heavy (non-hydrogen) atoms. The normalized spacial score (nSPS) is 15.9. The number of para-hydroxylation sites is 1. The van der Waals surface area contributed by atoms with Crippen LogP contribution < -0.4 is 0 Å². The van der Waals surface area contributed by atoms with Crippen LogP contribution >= 0.6 is 12.2 Å². The monoisotopic (exact) mass is 456 g/mol. The van der Waals surface area contributed by atoms with E-state index in [1.807, 2.05) is 33.6 Å². The van der Waals surface area contributed by atoms with Crippen LogP contribution in [-0.4, -0.2) is 36.1 Å². The van der Waals surface area contributed by atoms with Crippen LogP contribution in [0.2, 0.25) is 0 Å². The van der Waals surface area contributed by atoms with Crippen molar-refractivity contribution in [2.24, 2.45) is 0 Å². The van der Waals surface area contributed by atoms with Gasteiger partial charge in [0.25, 0.3) is 0 Å². The highest BCUT2D eigenvalue weighted by Crippen LogP contribution is 2.44. The molecular weight excluding hydrogens is 428 g/mol. The number of hydrogen-bond acceptors (Lipinski definition) is 4. The van der Waals surface area contributed by atoms with Crippen LogP contribution in [0.1, 0.15) is 49.0 Å². The van der Waals surface area contributed by atoms with Crippen LogP contribution in [0.25, 0.3) is 16.9 Å². The quantitative estimate of drug-likeness (QED) is 0.325. The zero-order chi connectivity index (χ0) is 22.4. The van der Waals surface area contributed by atoms with Crippen molar-refractivity contribution in [1.29, 1.82) is 0 Å². The average Bonchev–Trinajstić information content (AvgIpc) is 3.77. The minimum Gasteiger partial charge on any atom is -0.301 e. The van der Waals surface area contributed by atoms with Gasteiger partial charge in [0.1, 0.15) is 5.82 Å². The summed E-state index contributed by atoms with van der Waals surface area (Å²) in [6.07, 6.45) is 7.09. The number of nitrogens with zero attached hydrogens (tertiary/aromatic N) is 6. The summed E-state index contributed by atoms with van der Waals surface area (Å²) >= 11 is 5.85. The maximum Gasteiger partial charge on any atom is 0.199 e. The summed E-state index contributed by atoms with van der Waals surface area (Å²) in [7, 11) is 2.13. The summed E-state index contributed by atoms with van der Waals surface area (Å²) in [5, 5.41) is 9.91. The molecule has 2 aromatic carbocycles. The Morgan fingerprint density at radius 2 is 1.64 bits per heavy atom. The van der Waals surface area contributed by atoms with Crippen molar-refractivity contribution < 1.29 is 0 Å². The molecule has 2 fully saturated rings. The fourth-order valence-electron chi connectivity index (χ4n) is 4.47. The van der Waals surface area contributed by atoms with E-state index in [1.165, 1.54) is 37.1 Å². The van der Waals surface area contributed by atoms with Gasteiger partial charge in [0.05, 0.1) is 18.1 Å². The molecule has 0 aliphatic heterocycles. The standard InChI is InChI=1S/C26H28N6S/c1-29(18-31-26(33)32(23-14-15-23)25(28-31)20-12-13-20)16-21-17-30(22-10-6-3-7-11-22)27-24(21)19-8-4-2-5-9-19/h2-11,17,20,23H,12-16,18H2,1H3. The lowest BCUT2D eigenvalue weighted by Gasteiger charge is -2.16. The van der Waals surface area contributed by atoms with E-state index in [4.69, 9.17) is 22.4 Å². The van der Waals surface area contributed by atoms with Crippen LogP contribution in [0.4, 0.5) is 0 Å². The Hall–Kier alpha value is -3.03.